The molecule has 106 valence electrons. The molecule has 1 aromatic heterocycles. The zero-order valence-corrected chi connectivity index (χ0v) is 12.6. The molecule has 0 bridgehead atoms. The molecule has 2 unspecified atom stereocenters. The molecule has 2 aromatic rings. The third kappa shape index (κ3) is 3.74. The second kappa shape index (κ2) is 7.31. The topological polar surface area (TPSA) is 48.1 Å². The fraction of sp³-hybridized carbons (Fsp3) is 0.312. The summed E-state index contributed by atoms with van der Waals surface area (Å²) in [5.74, 6) is 0.861. The first-order valence-electron chi connectivity index (χ1n) is 6.71. The van der Waals surface area contributed by atoms with Crippen molar-refractivity contribution in [2.45, 2.75) is 29.5 Å². The van der Waals surface area contributed by atoms with Crippen LogP contribution >= 0.6 is 11.8 Å². The number of nitrogens with zero attached hydrogens (tertiary/aromatic N) is 1. The maximum Gasteiger partial charge on any atom is 0.119 e. The molecule has 0 radical (unpaired) electrons. The number of thioether (sulfide) groups is 1. The van der Waals surface area contributed by atoms with Crippen LogP contribution in [0, 0.1) is 0 Å². The van der Waals surface area contributed by atoms with Crippen LogP contribution in [0.25, 0.3) is 0 Å². The van der Waals surface area contributed by atoms with Gasteiger partial charge in [0.1, 0.15) is 5.75 Å². The van der Waals surface area contributed by atoms with Crippen LogP contribution in [0.1, 0.15) is 24.3 Å². The zero-order chi connectivity index (χ0) is 14.4. The molecule has 4 heteroatoms. The van der Waals surface area contributed by atoms with Crippen molar-refractivity contribution >= 4 is 11.8 Å². The van der Waals surface area contributed by atoms with Gasteiger partial charge in [0, 0.05) is 17.1 Å². The predicted molar refractivity (Wildman–Crippen MR) is 84.1 cm³/mol. The lowest BCUT2D eigenvalue weighted by Gasteiger charge is -2.22. The molecule has 0 aliphatic carbocycles. The van der Waals surface area contributed by atoms with Gasteiger partial charge in [-0.15, -0.1) is 11.8 Å². The lowest BCUT2D eigenvalue weighted by atomic mass is 10.1. The van der Waals surface area contributed by atoms with E-state index in [9.17, 15) is 0 Å². The van der Waals surface area contributed by atoms with Crippen LogP contribution in [-0.4, -0.2) is 18.1 Å². The van der Waals surface area contributed by atoms with Gasteiger partial charge in [-0.2, -0.15) is 0 Å². The third-order valence-corrected chi connectivity index (χ3v) is 4.51. The van der Waals surface area contributed by atoms with E-state index in [1.54, 1.807) is 18.9 Å². The Morgan fingerprint density at radius 3 is 2.75 bits per heavy atom. The zero-order valence-electron chi connectivity index (χ0n) is 11.8. The van der Waals surface area contributed by atoms with Crippen LogP contribution in [0.3, 0.4) is 0 Å². The van der Waals surface area contributed by atoms with E-state index in [4.69, 9.17) is 10.5 Å². The SMILES string of the molecule is CCC(N)C(Sc1cccc(OC)c1)c1ccccn1. The number of benzene rings is 1. The van der Waals surface area contributed by atoms with Crippen LogP contribution in [0.2, 0.25) is 0 Å². The van der Waals surface area contributed by atoms with E-state index in [1.165, 1.54) is 0 Å². The summed E-state index contributed by atoms with van der Waals surface area (Å²) >= 11 is 1.74. The van der Waals surface area contributed by atoms with E-state index in [0.29, 0.717) is 0 Å². The Kier molecular flexibility index (Phi) is 5.44. The summed E-state index contributed by atoms with van der Waals surface area (Å²) in [4.78, 5) is 5.60. The Morgan fingerprint density at radius 1 is 1.25 bits per heavy atom. The van der Waals surface area contributed by atoms with Crippen LogP contribution in [-0.2, 0) is 0 Å². The molecule has 3 nitrogen and oxygen atoms in total. The summed E-state index contributed by atoms with van der Waals surface area (Å²) in [5, 5.41) is 0.147. The number of nitrogens with two attached hydrogens (primary N) is 1. The van der Waals surface area contributed by atoms with Crippen molar-refractivity contribution in [3.05, 3.63) is 54.4 Å². The monoisotopic (exact) mass is 288 g/mol. The van der Waals surface area contributed by atoms with Gasteiger partial charge in [-0.25, -0.2) is 0 Å². The molecule has 0 saturated heterocycles. The Bertz CT molecular complexity index is 533. The quantitative estimate of drug-likeness (QED) is 0.824. The predicted octanol–water partition coefficient (Wildman–Crippen LogP) is 3.66. The minimum Gasteiger partial charge on any atom is -0.497 e. The highest BCUT2D eigenvalue weighted by molar-refractivity contribution is 7.99. The maximum atomic E-state index is 6.28. The Morgan fingerprint density at radius 2 is 2.10 bits per heavy atom. The second-order valence-corrected chi connectivity index (χ2v) is 5.76. The number of rotatable bonds is 6. The van der Waals surface area contributed by atoms with Gasteiger partial charge in [0.25, 0.3) is 0 Å². The number of hydrogen-bond acceptors (Lipinski definition) is 4. The largest absolute Gasteiger partial charge is 0.497 e. The van der Waals surface area contributed by atoms with Gasteiger partial charge in [-0.05, 0) is 36.8 Å². The highest BCUT2D eigenvalue weighted by Crippen LogP contribution is 2.38. The second-order valence-electron chi connectivity index (χ2n) is 4.54. The Hall–Kier alpha value is -1.52. The van der Waals surface area contributed by atoms with Crippen molar-refractivity contribution in [1.82, 2.24) is 4.98 Å². The smallest absolute Gasteiger partial charge is 0.119 e. The number of hydrogen-bond donors (Lipinski definition) is 1. The Labute approximate surface area is 124 Å². The van der Waals surface area contributed by atoms with Crippen LogP contribution in [0.15, 0.2) is 53.6 Å². The summed E-state index contributed by atoms with van der Waals surface area (Å²) in [6.45, 7) is 2.10. The van der Waals surface area contributed by atoms with Gasteiger partial charge >= 0.3 is 0 Å². The molecule has 20 heavy (non-hydrogen) atoms. The number of ether oxygens (including phenoxy) is 1. The van der Waals surface area contributed by atoms with Gasteiger partial charge in [-0.3, -0.25) is 4.98 Å². The third-order valence-electron chi connectivity index (χ3n) is 3.14. The summed E-state index contributed by atoms with van der Waals surface area (Å²) in [7, 11) is 1.68. The molecule has 0 fully saturated rings. The first-order valence-corrected chi connectivity index (χ1v) is 7.59. The minimum absolute atomic E-state index is 0.0705. The molecular formula is C16H20N2OS. The average Bonchev–Trinajstić information content (AvgIpc) is 2.53. The van der Waals surface area contributed by atoms with Crippen LogP contribution in [0.4, 0.5) is 0 Å². The Balaban J connectivity index is 2.24. The molecule has 1 aromatic carbocycles. The van der Waals surface area contributed by atoms with Crippen molar-refractivity contribution in [3.8, 4) is 5.75 Å². The average molecular weight is 288 g/mol. The van der Waals surface area contributed by atoms with Crippen molar-refractivity contribution in [1.29, 1.82) is 0 Å². The molecule has 1 heterocycles. The van der Waals surface area contributed by atoms with Gasteiger partial charge in [0.05, 0.1) is 18.1 Å². The summed E-state index contributed by atoms with van der Waals surface area (Å²) in [5.41, 5.74) is 7.30. The number of pyridine rings is 1. The molecule has 0 aliphatic rings. The van der Waals surface area contributed by atoms with E-state index >= 15 is 0 Å². The first-order chi connectivity index (χ1) is 9.74. The molecule has 2 N–H and O–H groups in total. The molecule has 2 atom stereocenters. The van der Waals surface area contributed by atoms with E-state index < -0.39 is 0 Å². The molecule has 0 spiro atoms. The fourth-order valence-corrected chi connectivity index (χ4v) is 3.21. The van der Waals surface area contributed by atoms with E-state index in [1.807, 2.05) is 42.6 Å². The highest BCUT2D eigenvalue weighted by Gasteiger charge is 2.21. The van der Waals surface area contributed by atoms with Crippen LogP contribution in [0.5, 0.6) is 5.75 Å². The number of aromatic nitrogens is 1. The van der Waals surface area contributed by atoms with E-state index in [2.05, 4.69) is 18.0 Å². The summed E-state index contributed by atoms with van der Waals surface area (Å²) < 4.78 is 5.27. The van der Waals surface area contributed by atoms with E-state index in [-0.39, 0.29) is 11.3 Å². The molecule has 0 amide bonds. The standard InChI is InChI=1S/C16H20N2OS/c1-3-14(17)16(15-9-4-5-10-18-15)20-13-8-6-7-12(11-13)19-2/h4-11,14,16H,3,17H2,1-2H3. The molecular weight excluding hydrogens is 268 g/mol. The van der Waals surface area contributed by atoms with Gasteiger partial charge in [-0.1, -0.05) is 19.1 Å². The first kappa shape index (κ1) is 14.9. The summed E-state index contributed by atoms with van der Waals surface area (Å²) in [6.07, 6.45) is 2.73. The highest BCUT2D eigenvalue weighted by atomic mass is 32.2. The van der Waals surface area contributed by atoms with Gasteiger partial charge in [0.15, 0.2) is 0 Å². The minimum atomic E-state index is 0.0705. The molecule has 0 saturated carbocycles. The van der Waals surface area contributed by atoms with E-state index in [0.717, 1.165) is 22.8 Å². The van der Waals surface area contributed by atoms with Crippen molar-refractivity contribution < 1.29 is 4.74 Å². The lowest BCUT2D eigenvalue weighted by molar-refractivity contribution is 0.413. The van der Waals surface area contributed by atoms with Crippen molar-refractivity contribution in [2.75, 3.05) is 7.11 Å². The fourth-order valence-electron chi connectivity index (χ4n) is 1.95. The molecule has 2 rings (SSSR count). The van der Waals surface area contributed by atoms with Crippen LogP contribution < -0.4 is 10.5 Å². The van der Waals surface area contributed by atoms with Gasteiger partial charge < -0.3 is 10.5 Å². The number of methoxy groups -OCH3 is 1. The lowest BCUT2D eigenvalue weighted by Crippen LogP contribution is -2.26. The normalized spacial score (nSPS) is 13.8. The maximum absolute atomic E-state index is 6.28. The summed E-state index contributed by atoms with van der Waals surface area (Å²) in [6, 6.07) is 14.1. The van der Waals surface area contributed by atoms with Crippen molar-refractivity contribution in [2.24, 2.45) is 5.73 Å². The van der Waals surface area contributed by atoms with Gasteiger partial charge in [0.2, 0.25) is 0 Å². The van der Waals surface area contributed by atoms with Crippen molar-refractivity contribution in [3.63, 3.8) is 0 Å². The molecule has 0 aliphatic heterocycles.